The lowest BCUT2D eigenvalue weighted by atomic mass is 9.82. The number of amides is 5. The maximum absolute atomic E-state index is 12.8. The van der Waals surface area contributed by atoms with Gasteiger partial charge in [-0.3, -0.25) is 19.8 Å². The van der Waals surface area contributed by atoms with Crippen molar-refractivity contribution in [2.75, 3.05) is 11.4 Å². The second-order valence-corrected chi connectivity index (χ2v) is 7.93. The highest BCUT2D eigenvalue weighted by Gasteiger charge is 2.52. The van der Waals surface area contributed by atoms with Crippen molar-refractivity contribution in [3.8, 4) is 0 Å². The highest BCUT2D eigenvalue weighted by atomic mass is 16.2. The molecule has 8 nitrogen and oxygen atoms in total. The Hall–Kier alpha value is -2.90. The topological polar surface area (TPSA) is 98.8 Å². The van der Waals surface area contributed by atoms with Gasteiger partial charge in [0.05, 0.1) is 5.92 Å². The quantitative estimate of drug-likeness (QED) is 0.774. The molecule has 1 saturated carbocycles. The summed E-state index contributed by atoms with van der Waals surface area (Å²) in [5.41, 5.74) is 3.38. The summed E-state index contributed by atoms with van der Waals surface area (Å²) in [5, 5.41) is 3.56. The molecule has 0 unspecified atom stereocenters. The fraction of sp³-hybridized carbons (Fsp3) is 0.500. The van der Waals surface area contributed by atoms with Crippen molar-refractivity contribution in [3.05, 3.63) is 29.8 Å². The maximum atomic E-state index is 12.8. The molecule has 8 heteroatoms. The van der Waals surface area contributed by atoms with Gasteiger partial charge < -0.3 is 10.2 Å². The molecule has 5 amide bonds. The monoisotopic (exact) mass is 384 g/mol. The van der Waals surface area contributed by atoms with Gasteiger partial charge in [-0.05, 0) is 31.9 Å². The third-order valence-corrected chi connectivity index (χ3v) is 5.93. The summed E-state index contributed by atoms with van der Waals surface area (Å²) >= 11 is 0. The standard InChI is InChI=1S/C20H24N4O4/c1-13-5-7-15(8-6-13)23-12-14(11-16(23)25)17(26)22-24-18(27)20(21-19(24)28)9-3-2-4-10-20/h5-8,14H,2-4,9-12H2,1H3,(H,21,28)(H,22,26)/t14-/m0/s1. The number of hydrogen-bond acceptors (Lipinski definition) is 4. The molecule has 2 aliphatic heterocycles. The van der Waals surface area contributed by atoms with Gasteiger partial charge in [0.2, 0.25) is 11.8 Å². The minimum Gasteiger partial charge on any atom is -0.322 e. The molecule has 28 heavy (non-hydrogen) atoms. The average Bonchev–Trinajstić information content (AvgIpc) is 3.17. The van der Waals surface area contributed by atoms with Crippen LogP contribution in [0, 0.1) is 12.8 Å². The van der Waals surface area contributed by atoms with Gasteiger partial charge in [-0.25, -0.2) is 4.79 Å². The van der Waals surface area contributed by atoms with Crippen LogP contribution in [-0.4, -0.2) is 40.8 Å². The number of carbonyl (C=O) groups is 4. The van der Waals surface area contributed by atoms with E-state index in [1.807, 2.05) is 31.2 Å². The highest BCUT2D eigenvalue weighted by Crippen LogP contribution is 2.33. The van der Waals surface area contributed by atoms with Crippen LogP contribution in [0.4, 0.5) is 10.5 Å². The molecule has 3 aliphatic rings. The van der Waals surface area contributed by atoms with Crippen LogP contribution >= 0.6 is 0 Å². The highest BCUT2D eigenvalue weighted by molar-refractivity contribution is 6.08. The number of benzene rings is 1. The van der Waals surface area contributed by atoms with E-state index >= 15 is 0 Å². The first kappa shape index (κ1) is 18.5. The van der Waals surface area contributed by atoms with E-state index in [0.29, 0.717) is 12.8 Å². The fourth-order valence-electron chi connectivity index (χ4n) is 4.27. The van der Waals surface area contributed by atoms with Crippen molar-refractivity contribution in [2.45, 2.75) is 51.0 Å². The number of imide groups is 1. The molecule has 2 N–H and O–H groups in total. The summed E-state index contributed by atoms with van der Waals surface area (Å²) in [4.78, 5) is 51.7. The molecule has 3 fully saturated rings. The largest absolute Gasteiger partial charge is 0.344 e. The molecule has 0 aromatic heterocycles. The molecule has 0 bridgehead atoms. The van der Waals surface area contributed by atoms with Crippen LogP contribution < -0.4 is 15.6 Å². The SMILES string of the molecule is Cc1ccc(N2C[C@@H](C(=O)NN3C(=O)NC4(CCCCC4)C3=O)CC2=O)cc1. The second-order valence-electron chi connectivity index (χ2n) is 7.93. The lowest BCUT2D eigenvalue weighted by Crippen LogP contribution is -2.52. The Kier molecular flexibility index (Phi) is 4.56. The van der Waals surface area contributed by atoms with Gasteiger partial charge >= 0.3 is 6.03 Å². The number of nitrogens with zero attached hydrogens (tertiary/aromatic N) is 2. The molecule has 148 valence electrons. The van der Waals surface area contributed by atoms with E-state index in [9.17, 15) is 19.2 Å². The summed E-state index contributed by atoms with van der Waals surface area (Å²) in [6.07, 6.45) is 4.01. The van der Waals surface area contributed by atoms with Gasteiger partial charge in [0.1, 0.15) is 5.54 Å². The molecule has 4 rings (SSSR count). The molecule has 2 saturated heterocycles. The van der Waals surface area contributed by atoms with E-state index in [0.717, 1.165) is 35.5 Å². The number of carbonyl (C=O) groups excluding carboxylic acids is 4. The van der Waals surface area contributed by atoms with Gasteiger partial charge in [-0.1, -0.05) is 37.0 Å². The molecule has 1 aromatic rings. The first-order valence-corrected chi connectivity index (χ1v) is 9.74. The maximum Gasteiger partial charge on any atom is 0.344 e. The molecule has 1 spiro atoms. The minimum absolute atomic E-state index is 0.0501. The summed E-state index contributed by atoms with van der Waals surface area (Å²) in [7, 11) is 0. The zero-order valence-corrected chi connectivity index (χ0v) is 15.9. The summed E-state index contributed by atoms with van der Waals surface area (Å²) in [5.74, 6) is -1.65. The third kappa shape index (κ3) is 3.12. The molecular formula is C20H24N4O4. The Balaban J connectivity index is 1.43. The molecule has 1 atom stereocenters. The van der Waals surface area contributed by atoms with Crippen LogP contribution in [0.2, 0.25) is 0 Å². The van der Waals surface area contributed by atoms with Crippen LogP contribution in [0.1, 0.15) is 44.1 Å². The molecule has 1 aliphatic carbocycles. The predicted octanol–water partition coefficient (Wildman–Crippen LogP) is 1.63. The minimum atomic E-state index is -0.887. The van der Waals surface area contributed by atoms with Crippen LogP contribution in [-0.2, 0) is 14.4 Å². The van der Waals surface area contributed by atoms with Crippen molar-refractivity contribution in [1.29, 1.82) is 0 Å². The smallest absolute Gasteiger partial charge is 0.322 e. The normalized spacial score (nSPS) is 24.0. The summed E-state index contributed by atoms with van der Waals surface area (Å²) in [6.45, 7) is 2.19. The van der Waals surface area contributed by atoms with E-state index in [2.05, 4.69) is 10.7 Å². The van der Waals surface area contributed by atoms with Gasteiger partial charge in [0.25, 0.3) is 5.91 Å². The summed E-state index contributed by atoms with van der Waals surface area (Å²) in [6, 6.07) is 6.91. The van der Waals surface area contributed by atoms with Gasteiger partial charge in [0.15, 0.2) is 0 Å². The Morgan fingerprint density at radius 2 is 1.79 bits per heavy atom. The lowest BCUT2D eigenvalue weighted by molar-refractivity contribution is -0.141. The number of aryl methyl sites for hydroxylation is 1. The number of hydrazine groups is 1. The Morgan fingerprint density at radius 1 is 1.11 bits per heavy atom. The molecule has 2 heterocycles. The van der Waals surface area contributed by atoms with Crippen molar-refractivity contribution in [3.63, 3.8) is 0 Å². The van der Waals surface area contributed by atoms with Crippen molar-refractivity contribution >= 4 is 29.4 Å². The summed E-state index contributed by atoms with van der Waals surface area (Å²) < 4.78 is 0. The number of rotatable bonds is 3. The molecular weight excluding hydrogens is 360 g/mol. The lowest BCUT2D eigenvalue weighted by Gasteiger charge is -2.30. The Labute approximate surface area is 163 Å². The number of urea groups is 1. The predicted molar refractivity (Wildman–Crippen MR) is 101 cm³/mol. The van der Waals surface area contributed by atoms with E-state index in [-0.39, 0.29) is 18.9 Å². The van der Waals surface area contributed by atoms with Gasteiger partial charge in [-0.2, -0.15) is 5.01 Å². The van der Waals surface area contributed by atoms with E-state index in [1.165, 1.54) is 0 Å². The molecule has 0 radical (unpaired) electrons. The van der Waals surface area contributed by atoms with Crippen molar-refractivity contribution in [1.82, 2.24) is 15.8 Å². The van der Waals surface area contributed by atoms with E-state index in [1.54, 1.807) is 4.90 Å². The number of anilines is 1. The zero-order chi connectivity index (χ0) is 19.9. The van der Waals surface area contributed by atoms with Crippen LogP contribution in [0.15, 0.2) is 24.3 Å². The Bertz CT molecular complexity index is 829. The van der Waals surface area contributed by atoms with Crippen LogP contribution in [0.25, 0.3) is 0 Å². The number of hydrogen-bond donors (Lipinski definition) is 2. The van der Waals surface area contributed by atoms with Gasteiger partial charge in [-0.15, -0.1) is 0 Å². The van der Waals surface area contributed by atoms with Crippen molar-refractivity contribution in [2.24, 2.45) is 5.92 Å². The van der Waals surface area contributed by atoms with Gasteiger partial charge in [0, 0.05) is 18.7 Å². The average molecular weight is 384 g/mol. The second kappa shape index (κ2) is 6.92. The Morgan fingerprint density at radius 3 is 2.46 bits per heavy atom. The first-order chi connectivity index (χ1) is 13.4. The van der Waals surface area contributed by atoms with Crippen LogP contribution in [0.5, 0.6) is 0 Å². The van der Waals surface area contributed by atoms with Crippen molar-refractivity contribution < 1.29 is 19.2 Å². The zero-order valence-electron chi connectivity index (χ0n) is 15.9. The van der Waals surface area contributed by atoms with E-state index in [4.69, 9.17) is 0 Å². The van der Waals surface area contributed by atoms with E-state index < -0.39 is 29.3 Å². The first-order valence-electron chi connectivity index (χ1n) is 9.74. The molecule has 1 aromatic carbocycles. The van der Waals surface area contributed by atoms with Crippen LogP contribution in [0.3, 0.4) is 0 Å². The fourth-order valence-corrected chi connectivity index (χ4v) is 4.27. The number of nitrogens with one attached hydrogen (secondary N) is 2. The third-order valence-electron chi connectivity index (χ3n) is 5.93.